The summed E-state index contributed by atoms with van der Waals surface area (Å²) in [6, 6.07) is 9.82. The van der Waals surface area contributed by atoms with Crippen LogP contribution in [0.1, 0.15) is 37.8 Å². The molecule has 1 aromatic carbocycles. The van der Waals surface area contributed by atoms with Gasteiger partial charge in [-0.3, -0.25) is 4.90 Å². The molecule has 0 aliphatic carbocycles. The van der Waals surface area contributed by atoms with Crippen molar-refractivity contribution in [1.82, 2.24) is 10.2 Å². The molecule has 2 rings (SSSR count). The van der Waals surface area contributed by atoms with Crippen molar-refractivity contribution in [1.29, 1.82) is 0 Å². The van der Waals surface area contributed by atoms with Gasteiger partial charge in [0, 0.05) is 32.2 Å². The van der Waals surface area contributed by atoms with Gasteiger partial charge in [-0.05, 0) is 30.4 Å². The van der Waals surface area contributed by atoms with Gasteiger partial charge in [0.05, 0.1) is 0 Å². The maximum atomic E-state index is 3.62. The van der Waals surface area contributed by atoms with Crippen molar-refractivity contribution in [3.8, 4) is 0 Å². The van der Waals surface area contributed by atoms with E-state index < -0.39 is 0 Å². The molecule has 1 aromatic rings. The minimum absolute atomic E-state index is 0.720. The molecule has 2 heteroatoms. The predicted molar refractivity (Wildman–Crippen MR) is 77.8 cm³/mol. The van der Waals surface area contributed by atoms with Gasteiger partial charge in [-0.2, -0.15) is 0 Å². The third kappa shape index (κ3) is 3.82. The van der Waals surface area contributed by atoms with Crippen LogP contribution in [0.4, 0.5) is 0 Å². The van der Waals surface area contributed by atoms with Crippen LogP contribution in [0.15, 0.2) is 24.3 Å². The van der Waals surface area contributed by atoms with Crippen molar-refractivity contribution in [2.24, 2.45) is 0 Å². The van der Waals surface area contributed by atoms with E-state index in [2.05, 4.69) is 48.3 Å². The number of benzene rings is 1. The van der Waals surface area contributed by atoms with E-state index >= 15 is 0 Å². The molecule has 18 heavy (non-hydrogen) atoms. The van der Waals surface area contributed by atoms with E-state index in [1.54, 1.807) is 0 Å². The molecule has 0 spiro atoms. The standard InChI is InChI=1S/C16H26N2/c1-3-14-5-7-15(8-6-14)13-18-11-9-16(4-2)17-10-12-18/h5-8,16-17H,3-4,9-13H2,1-2H3. The van der Waals surface area contributed by atoms with E-state index in [-0.39, 0.29) is 0 Å². The fourth-order valence-electron chi connectivity index (χ4n) is 2.62. The van der Waals surface area contributed by atoms with Crippen LogP contribution >= 0.6 is 0 Å². The Hall–Kier alpha value is -0.860. The van der Waals surface area contributed by atoms with E-state index in [0.717, 1.165) is 25.6 Å². The lowest BCUT2D eigenvalue weighted by molar-refractivity contribution is 0.282. The summed E-state index contributed by atoms with van der Waals surface area (Å²) in [6.07, 6.45) is 3.66. The first-order valence-corrected chi connectivity index (χ1v) is 7.35. The number of nitrogens with one attached hydrogen (secondary N) is 1. The third-order valence-corrected chi connectivity index (χ3v) is 3.99. The molecule has 1 aliphatic rings. The summed E-state index contributed by atoms with van der Waals surface area (Å²) in [5.74, 6) is 0. The molecule has 1 fully saturated rings. The lowest BCUT2D eigenvalue weighted by atomic mass is 10.1. The normalized spacial score (nSPS) is 21.8. The Bertz CT molecular complexity index is 345. The zero-order chi connectivity index (χ0) is 12.8. The summed E-state index contributed by atoms with van der Waals surface area (Å²) in [6.45, 7) is 9.11. The molecule has 0 saturated carbocycles. The molecule has 1 unspecified atom stereocenters. The second-order valence-corrected chi connectivity index (χ2v) is 5.29. The highest BCUT2D eigenvalue weighted by Crippen LogP contribution is 2.11. The van der Waals surface area contributed by atoms with Gasteiger partial charge in [0.25, 0.3) is 0 Å². The van der Waals surface area contributed by atoms with Gasteiger partial charge in [0.1, 0.15) is 0 Å². The van der Waals surface area contributed by atoms with Crippen LogP contribution in [0.5, 0.6) is 0 Å². The topological polar surface area (TPSA) is 15.3 Å². The van der Waals surface area contributed by atoms with Gasteiger partial charge in [0.2, 0.25) is 0 Å². The Morgan fingerprint density at radius 1 is 1.11 bits per heavy atom. The largest absolute Gasteiger partial charge is 0.313 e. The van der Waals surface area contributed by atoms with E-state index in [1.165, 1.54) is 37.1 Å². The minimum atomic E-state index is 0.720. The molecule has 0 aromatic heterocycles. The molecule has 1 N–H and O–H groups in total. The molecule has 1 saturated heterocycles. The first kappa shape index (κ1) is 13.6. The van der Waals surface area contributed by atoms with Gasteiger partial charge in [-0.1, -0.05) is 38.1 Å². The summed E-state index contributed by atoms with van der Waals surface area (Å²) in [5, 5.41) is 3.62. The molecular weight excluding hydrogens is 220 g/mol. The molecule has 2 nitrogen and oxygen atoms in total. The highest BCUT2D eigenvalue weighted by Gasteiger charge is 2.14. The van der Waals surface area contributed by atoms with Gasteiger partial charge >= 0.3 is 0 Å². The zero-order valence-electron chi connectivity index (χ0n) is 11.8. The van der Waals surface area contributed by atoms with E-state index in [1.807, 2.05) is 0 Å². The minimum Gasteiger partial charge on any atom is -0.313 e. The van der Waals surface area contributed by atoms with Crippen molar-refractivity contribution in [3.63, 3.8) is 0 Å². The molecule has 1 atom stereocenters. The highest BCUT2D eigenvalue weighted by atomic mass is 15.2. The van der Waals surface area contributed by atoms with E-state index in [0.29, 0.717) is 0 Å². The maximum Gasteiger partial charge on any atom is 0.0234 e. The van der Waals surface area contributed by atoms with Crippen molar-refractivity contribution < 1.29 is 0 Å². The summed E-state index contributed by atoms with van der Waals surface area (Å²) in [5.41, 5.74) is 2.88. The van der Waals surface area contributed by atoms with Crippen molar-refractivity contribution in [2.45, 2.75) is 45.7 Å². The average Bonchev–Trinajstić information content (AvgIpc) is 2.65. The second kappa shape index (κ2) is 6.91. The molecule has 100 valence electrons. The van der Waals surface area contributed by atoms with Crippen molar-refractivity contribution >= 4 is 0 Å². The second-order valence-electron chi connectivity index (χ2n) is 5.29. The molecule has 1 aliphatic heterocycles. The van der Waals surface area contributed by atoms with Crippen molar-refractivity contribution in [2.75, 3.05) is 19.6 Å². The summed E-state index contributed by atoms with van der Waals surface area (Å²) in [4.78, 5) is 2.57. The van der Waals surface area contributed by atoms with Crippen LogP contribution in [0, 0.1) is 0 Å². The zero-order valence-corrected chi connectivity index (χ0v) is 11.8. The van der Waals surface area contributed by atoms with Crippen LogP contribution in [0.25, 0.3) is 0 Å². The fourth-order valence-corrected chi connectivity index (χ4v) is 2.62. The van der Waals surface area contributed by atoms with Crippen molar-refractivity contribution in [3.05, 3.63) is 35.4 Å². The lowest BCUT2D eigenvalue weighted by Crippen LogP contribution is -2.29. The van der Waals surface area contributed by atoms with E-state index in [4.69, 9.17) is 0 Å². The molecule has 0 amide bonds. The fraction of sp³-hybridized carbons (Fsp3) is 0.625. The van der Waals surface area contributed by atoms with Crippen LogP contribution in [-0.4, -0.2) is 30.6 Å². The highest BCUT2D eigenvalue weighted by molar-refractivity contribution is 5.22. The number of hydrogen-bond donors (Lipinski definition) is 1. The van der Waals surface area contributed by atoms with Crippen LogP contribution < -0.4 is 5.32 Å². The molecule has 0 bridgehead atoms. The first-order valence-electron chi connectivity index (χ1n) is 7.35. The van der Waals surface area contributed by atoms with Gasteiger partial charge in [0.15, 0.2) is 0 Å². The quantitative estimate of drug-likeness (QED) is 0.879. The molecule has 1 heterocycles. The Balaban J connectivity index is 1.88. The number of aryl methyl sites for hydroxylation is 1. The van der Waals surface area contributed by atoms with Gasteiger partial charge in [-0.15, -0.1) is 0 Å². The third-order valence-electron chi connectivity index (χ3n) is 3.99. The van der Waals surface area contributed by atoms with Crippen LogP contribution in [0.3, 0.4) is 0 Å². The lowest BCUT2D eigenvalue weighted by Gasteiger charge is -2.19. The number of nitrogens with zero attached hydrogens (tertiary/aromatic N) is 1. The first-order chi connectivity index (χ1) is 8.81. The number of rotatable bonds is 4. The van der Waals surface area contributed by atoms with Crippen LogP contribution in [0.2, 0.25) is 0 Å². The summed E-state index contributed by atoms with van der Waals surface area (Å²) < 4.78 is 0. The summed E-state index contributed by atoms with van der Waals surface area (Å²) >= 11 is 0. The van der Waals surface area contributed by atoms with Gasteiger partial charge in [-0.25, -0.2) is 0 Å². The van der Waals surface area contributed by atoms with E-state index in [9.17, 15) is 0 Å². The smallest absolute Gasteiger partial charge is 0.0234 e. The average molecular weight is 246 g/mol. The van der Waals surface area contributed by atoms with Crippen LogP contribution in [-0.2, 0) is 13.0 Å². The SMILES string of the molecule is CCc1ccc(CN2CCNC(CC)CC2)cc1. The summed E-state index contributed by atoms with van der Waals surface area (Å²) in [7, 11) is 0. The molecular formula is C16H26N2. The van der Waals surface area contributed by atoms with Gasteiger partial charge < -0.3 is 5.32 Å². The maximum absolute atomic E-state index is 3.62. The Morgan fingerprint density at radius 2 is 1.83 bits per heavy atom. The predicted octanol–water partition coefficient (Wildman–Crippen LogP) is 2.82. The monoisotopic (exact) mass is 246 g/mol. The Labute approximate surface area is 111 Å². The molecule has 0 radical (unpaired) electrons. The number of hydrogen-bond acceptors (Lipinski definition) is 2. The Kier molecular flexibility index (Phi) is 5.21. The Morgan fingerprint density at radius 3 is 2.50 bits per heavy atom.